The predicted molar refractivity (Wildman–Crippen MR) is 65.5 cm³/mol. The van der Waals surface area contributed by atoms with Crippen LogP contribution in [-0.2, 0) is 0 Å². The Morgan fingerprint density at radius 1 is 1.12 bits per heavy atom. The average Bonchev–Trinajstić information content (AvgIpc) is 2.39. The molecule has 4 heteroatoms. The number of rotatable bonds is 2. The number of hydrogen-bond acceptors (Lipinski definition) is 3. The SMILES string of the molecule is CN(C)C(=O)c1ccccc1-c1cncnc1. The van der Waals surface area contributed by atoms with Gasteiger partial charge >= 0.3 is 0 Å². The smallest absolute Gasteiger partial charge is 0.253 e. The molecule has 0 saturated carbocycles. The molecule has 2 aromatic rings. The molecule has 1 heterocycles. The molecule has 1 aromatic carbocycles. The van der Waals surface area contributed by atoms with Crippen LogP contribution < -0.4 is 0 Å². The molecule has 86 valence electrons. The van der Waals surface area contributed by atoms with Crippen LogP contribution in [0.4, 0.5) is 0 Å². The van der Waals surface area contributed by atoms with Gasteiger partial charge in [0.15, 0.2) is 0 Å². The molecule has 0 aliphatic heterocycles. The molecule has 1 aromatic heterocycles. The van der Waals surface area contributed by atoms with Crippen molar-refractivity contribution in [3.05, 3.63) is 48.5 Å². The largest absolute Gasteiger partial charge is 0.345 e. The second-order valence-electron chi connectivity index (χ2n) is 3.87. The summed E-state index contributed by atoms with van der Waals surface area (Å²) in [5.41, 5.74) is 2.36. The molecule has 0 unspecified atom stereocenters. The molecule has 0 fully saturated rings. The van der Waals surface area contributed by atoms with Crippen molar-refractivity contribution in [2.24, 2.45) is 0 Å². The summed E-state index contributed by atoms with van der Waals surface area (Å²) in [6, 6.07) is 7.46. The maximum absolute atomic E-state index is 12.0. The van der Waals surface area contributed by atoms with Crippen molar-refractivity contribution in [2.45, 2.75) is 0 Å². The van der Waals surface area contributed by atoms with Crippen LogP contribution in [0, 0.1) is 0 Å². The first-order valence-corrected chi connectivity index (χ1v) is 5.26. The van der Waals surface area contributed by atoms with Crippen LogP contribution in [0.1, 0.15) is 10.4 Å². The van der Waals surface area contributed by atoms with E-state index in [1.165, 1.54) is 6.33 Å². The molecule has 0 aliphatic rings. The fourth-order valence-electron chi connectivity index (χ4n) is 1.60. The standard InChI is InChI=1S/C13H13N3O/c1-16(2)13(17)12-6-4-3-5-11(12)10-7-14-9-15-8-10/h3-9H,1-2H3. The molecule has 0 radical (unpaired) electrons. The van der Waals surface area contributed by atoms with Gasteiger partial charge in [-0.25, -0.2) is 9.97 Å². The van der Waals surface area contributed by atoms with E-state index >= 15 is 0 Å². The zero-order valence-electron chi connectivity index (χ0n) is 9.79. The zero-order valence-corrected chi connectivity index (χ0v) is 9.79. The number of amides is 1. The molecule has 1 amide bonds. The Labute approximate surface area is 99.9 Å². The maximum atomic E-state index is 12.0. The minimum Gasteiger partial charge on any atom is -0.345 e. The topological polar surface area (TPSA) is 46.1 Å². The number of aromatic nitrogens is 2. The Hall–Kier alpha value is -2.23. The third-order valence-corrected chi connectivity index (χ3v) is 2.44. The molecule has 0 N–H and O–H groups in total. The number of carbonyl (C=O) groups is 1. The lowest BCUT2D eigenvalue weighted by Crippen LogP contribution is -2.22. The molecule has 0 saturated heterocycles. The maximum Gasteiger partial charge on any atom is 0.253 e. The molecule has 0 aliphatic carbocycles. The summed E-state index contributed by atoms with van der Waals surface area (Å²) in [4.78, 5) is 21.5. The van der Waals surface area contributed by atoms with E-state index in [1.807, 2.05) is 24.3 Å². The Morgan fingerprint density at radius 2 is 1.76 bits per heavy atom. The number of carbonyl (C=O) groups excluding carboxylic acids is 1. The Bertz CT molecular complexity index is 523. The summed E-state index contributed by atoms with van der Waals surface area (Å²) in [6.07, 6.45) is 4.88. The minimum absolute atomic E-state index is 0.0237. The second kappa shape index (κ2) is 4.74. The van der Waals surface area contributed by atoms with Crippen LogP contribution in [0.25, 0.3) is 11.1 Å². The summed E-state index contributed by atoms with van der Waals surface area (Å²) < 4.78 is 0. The number of nitrogens with zero attached hydrogens (tertiary/aromatic N) is 3. The third-order valence-electron chi connectivity index (χ3n) is 2.44. The quantitative estimate of drug-likeness (QED) is 0.786. The van der Waals surface area contributed by atoms with E-state index in [0.29, 0.717) is 5.56 Å². The predicted octanol–water partition coefficient (Wildman–Crippen LogP) is 1.85. The number of hydrogen-bond donors (Lipinski definition) is 0. The minimum atomic E-state index is -0.0237. The lowest BCUT2D eigenvalue weighted by molar-refractivity contribution is 0.0828. The van der Waals surface area contributed by atoms with E-state index in [1.54, 1.807) is 31.4 Å². The van der Waals surface area contributed by atoms with Crippen LogP contribution >= 0.6 is 0 Å². The van der Waals surface area contributed by atoms with Gasteiger partial charge in [0.05, 0.1) is 0 Å². The third kappa shape index (κ3) is 2.30. The Morgan fingerprint density at radius 3 is 2.41 bits per heavy atom. The van der Waals surface area contributed by atoms with Crippen molar-refractivity contribution in [2.75, 3.05) is 14.1 Å². The molecule has 0 bridgehead atoms. The fourth-order valence-corrected chi connectivity index (χ4v) is 1.60. The van der Waals surface area contributed by atoms with Gasteiger partial charge < -0.3 is 4.90 Å². The molecular formula is C13H13N3O. The highest BCUT2D eigenvalue weighted by molar-refractivity contribution is 6.00. The molecular weight excluding hydrogens is 214 g/mol. The van der Waals surface area contributed by atoms with E-state index in [0.717, 1.165) is 11.1 Å². The first-order chi connectivity index (χ1) is 8.20. The van der Waals surface area contributed by atoms with E-state index in [2.05, 4.69) is 9.97 Å². The van der Waals surface area contributed by atoms with Crippen LogP contribution in [0.3, 0.4) is 0 Å². The number of benzene rings is 1. The molecule has 17 heavy (non-hydrogen) atoms. The van der Waals surface area contributed by atoms with Crippen LogP contribution in [0.5, 0.6) is 0 Å². The summed E-state index contributed by atoms with van der Waals surface area (Å²) in [6.45, 7) is 0. The monoisotopic (exact) mass is 227 g/mol. The van der Waals surface area contributed by atoms with E-state index in [4.69, 9.17) is 0 Å². The molecule has 0 atom stereocenters. The van der Waals surface area contributed by atoms with Crippen LogP contribution in [0.15, 0.2) is 43.0 Å². The van der Waals surface area contributed by atoms with Gasteiger partial charge in [-0.05, 0) is 11.6 Å². The first kappa shape index (κ1) is 11.3. The van der Waals surface area contributed by atoms with Gasteiger partial charge in [-0.2, -0.15) is 0 Å². The highest BCUT2D eigenvalue weighted by Gasteiger charge is 2.13. The van der Waals surface area contributed by atoms with Gasteiger partial charge in [-0.15, -0.1) is 0 Å². The van der Waals surface area contributed by atoms with Gasteiger partial charge in [-0.1, -0.05) is 18.2 Å². The lowest BCUT2D eigenvalue weighted by Gasteiger charge is -2.13. The van der Waals surface area contributed by atoms with Gasteiger partial charge in [0, 0.05) is 37.6 Å². The van der Waals surface area contributed by atoms with Gasteiger partial charge in [0.1, 0.15) is 6.33 Å². The van der Waals surface area contributed by atoms with E-state index in [-0.39, 0.29) is 5.91 Å². The Kier molecular flexibility index (Phi) is 3.14. The van der Waals surface area contributed by atoms with Crippen molar-refractivity contribution in [3.63, 3.8) is 0 Å². The van der Waals surface area contributed by atoms with Crippen molar-refractivity contribution in [3.8, 4) is 11.1 Å². The van der Waals surface area contributed by atoms with E-state index < -0.39 is 0 Å². The van der Waals surface area contributed by atoms with E-state index in [9.17, 15) is 4.79 Å². The van der Waals surface area contributed by atoms with Crippen molar-refractivity contribution in [1.82, 2.24) is 14.9 Å². The summed E-state index contributed by atoms with van der Waals surface area (Å²) in [5.74, 6) is -0.0237. The fraction of sp³-hybridized carbons (Fsp3) is 0.154. The highest BCUT2D eigenvalue weighted by Crippen LogP contribution is 2.22. The van der Waals surface area contributed by atoms with Crippen LogP contribution in [-0.4, -0.2) is 34.9 Å². The summed E-state index contributed by atoms with van der Waals surface area (Å²) in [7, 11) is 3.47. The normalized spacial score (nSPS) is 10.0. The second-order valence-corrected chi connectivity index (χ2v) is 3.87. The molecule has 2 rings (SSSR count). The van der Waals surface area contributed by atoms with Gasteiger partial charge in [0.2, 0.25) is 0 Å². The van der Waals surface area contributed by atoms with Crippen molar-refractivity contribution >= 4 is 5.91 Å². The van der Waals surface area contributed by atoms with Crippen LogP contribution in [0.2, 0.25) is 0 Å². The lowest BCUT2D eigenvalue weighted by atomic mass is 10.0. The summed E-state index contributed by atoms with van der Waals surface area (Å²) >= 11 is 0. The highest BCUT2D eigenvalue weighted by atomic mass is 16.2. The Balaban J connectivity index is 2.52. The van der Waals surface area contributed by atoms with Gasteiger partial charge in [0.25, 0.3) is 5.91 Å². The van der Waals surface area contributed by atoms with Crippen molar-refractivity contribution in [1.29, 1.82) is 0 Å². The summed E-state index contributed by atoms with van der Waals surface area (Å²) in [5, 5.41) is 0. The zero-order chi connectivity index (χ0) is 12.3. The average molecular weight is 227 g/mol. The molecule has 4 nitrogen and oxygen atoms in total. The van der Waals surface area contributed by atoms with Crippen molar-refractivity contribution < 1.29 is 4.79 Å². The first-order valence-electron chi connectivity index (χ1n) is 5.26. The molecule has 0 spiro atoms. The van der Waals surface area contributed by atoms with Gasteiger partial charge in [-0.3, -0.25) is 4.79 Å².